The van der Waals surface area contributed by atoms with Crippen molar-refractivity contribution in [1.29, 1.82) is 0 Å². The van der Waals surface area contributed by atoms with Crippen molar-refractivity contribution in [3.05, 3.63) is 23.8 Å². The molecule has 0 aromatic heterocycles. The lowest BCUT2D eigenvalue weighted by molar-refractivity contribution is -0.122. The third-order valence-electron chi connectivity index (χ3n) is 4.18. The van der Waals surface area contributed by atoms with Gasteiger partial charge in [0.15, 0.2) is 11.5 Å². The highest BCUT2D eigenvalue weighted by Gasteiger charge is 2.25. The van der Waals surface area contributed by atoms with Crippen LogP contribution in [0.2, 0.25) is 0 Å². The number of amides is 1. The van der Waals surface area contributed by atoms with Crippen LogP contribution >= 0.6 is 0 Å². The molecule has 0 heterocycles. The second-order valence-corrected chi connectivity index (χ2v) is 5.93. The van der Waals surface area contributed by atoms with Crippen molar-refractivity contribution in [2.24, 2.45) is 11.7 Å². The summed E-state index contributed by atoms with van der Waals surface area (Å²) in [6.45, 7) is -0.527. The molecular weight excluding hydrogens is 318 g/mol. The minimum absolute atomic E-state index is 0.0149. The first kappa shape index (κ1) is 18.4. The van der Waals surface area contributed by atoms with Crippen LogP contribution in [0.15, 0.2) is 18.2 Å². The van der Waals surface area contributed by atoms with E-state index in [9.17, 15) is 13.6 Å². The van der Waals surface area contributed by atoms with Crippen molar-refractivity contribution in [1.82, 2.24) is 5.32 Å². The highest BCUT2D eigenvalue weighted by atomic mass is 19.3. The van der Waals surface area contributed by atoms with Crippen LogP contribution in [0.4, 0.5) is 8.78 Å². The van der Waals surface area contributed by atoms with Crippen molar-refractivity contribution in [3.8, 4) is 11.5 Å². The second kappa shape index (κ2) is 8.82. The van der Waals surface area contributed by atoms with Gasteiger partial charge in [-0.05, 0) is 43.4 Å². The van der Waals surface area contributed by atoms with E-state index < -0.39 is 6.61 Å². The number of carbonyl (C=O) groups is 1. The van der Waals surface area contributed by atoms with Crippen LogP contribution in [0.1, 0.15) is 38.2 Å². The van der Waals surface area contributed by atoms with Crippen molar-refractivity contribution < 1.29 is 23.0 Å². The molecule has 1 aliphatic rings. The van der Waals surface area contributed by atoms with Gasteiger partial charge in [0.05, 0.1) is 6.61 Å². The van der Waals surface area contributed by atoms with Gasteiger partial charge in [-0.1, -0.05) is 12.5 Å². The van der Waals surface area contributed by atoms with E-state index in [1.807, 2.05) is 0 Å². The van der Waals surface area contributed by atoms with Crippen molar-refractivity contribution in [3.63, 3.8) is 0 Å². The largest absolute Gasteiger partial charge is 0.490 e. The maximum atomic E-state index is 12.4. The number of nitrogens with two attached hydrogens (primary N) is 1. The first-order chi connectivity index (χ1) is 11.5. The van der Waals surface area contributed by atoms with E-state index in [4.69, 9.17) is 10.5 Å². The minimum atomic E-state index is -2.91. The zero-order chi connectivity index (χ0) is 17.5. The first-order valence-electron chi connectivity index (χ1n) is 8.22. The Morgan fingerprint density at radius 2 is 2.17 bits per heavy atom. The molecule has 0 radical (unpaired) electrons. The fraction of sp³-hybridized carbons (Fsp3) is 0.588. The van der Waals surface area contributed by atoms with E-state index in [0.717, 1.165) is 24.8 Å². The molecular formula is C17H24F2N2O3. The maximum Gasteiger partial charge on any atom is 0.387 e. The van der Waals surface area contributed by atoms with Gasteiger partial charge in [-0.25, -0.2) is 0 Å². The molecule has 0 saturated heterocycles. The van der Waals surface area contributed by atoms with Crippen LogP contribution in [-0.4, -0.2) is 25.2 Å². The number of hydrogen-bond donors (Lipinski definition) is 2. The average molecular weight is 342 g/mol. The molecule has 1 aliphatic carbocycles. The molecule has 0 aliphatic heterocycles. The molecule has 0 unspecified atom stereocenters. The van der Waals surface area contributed by atoms with E-state index in [-0.39, 0.29) is 29.4 Å². The predicted molar refractivity (Wildman–Crippen MR) is 86.0 cm³/mol. The van der Waals surface area contributed by atoms with Gasteiger partial charge in [-0.2, -0.15) is 8.78 Å². The van der Waals surface area contributed by atoms with Crippen LogP contribution in [0.5, 0.6) is 11.5 Å². The minimum Gasteiger partial charge on any atom is -0.490 e. The monoisotopic (exact) mass is 342 g/mol. The molecule has 7 heteroatoms. The molecule has 1 aromatic rings. The summed E-state index contributed by atoms with van der Waals surface area (Å²) in [4.78, 5) is 12.0. The van der Waals surface area contributed by atoms with Crippen LogP contribution in [0.3, 0.4) is 0 Å². The zero-order valence-electron chi connectivity index (χ0n) is 13.8. The molecule has 1 aromatic carbocycles. The quantitative estimate of drug-likeness (QED) is 0.762. The van der Waals surface area contributed by atoms with Gasteiger partial charge in [0.2, 0.25) is 5.91 Å². The molecule has 0 bridgehead atoms. The molecule has 1 saturated carbocycles. The van der Waals surface area contributed by atoms with E-state index in [0.29, 0.717) is 19.6 Å². The van der Waals surface area contributed by atoms with Gasteiger partial charge in [-0.15, -0.1) is 0 Å². The molecule has 3 N–H and O–H groups in total. The highest BCUT2D eigenvalue weighted by Crippen LogP contribution is 2.30. The van der Waals surface area contributed by atoms with Gasteiger partial charge < -0.3 is 20.5 Å². The fourth-order valence-electron chi connectivity index (χ4n) is 2.95. The molecule has 5 nitrogen and oxygen atoms in total. The number of benzene rings is 1. The Bertz CT molecular complexity index is 555. The Balaban J connectivity index is 1.91. The number of hydrogen-bond acceptors (Lipinski definition) is 4. The molecule has 1 fully saturated rings. The average Bonchev–Trinajstić information content (AvgIpc) is 2.92. The molecule has 24 heavy (non-hydrogen) atoms. The van der Waals surface area contributed by atoms with Gasteiger partial charge in [-0.3, -0.25) is 4.79 Å². The van der Waals surface area contributed by atoms with Gasteiger partial charge in [0.25, 0.3) is 0 Å². The normalized spacial score (nSPS) is 20.2. The number of alkyl halides is 2. The second-order valence-electron chi connectivity index (χ2n) is 5.93. The molecule has 2 atom stereocenters. The van der Waals surface area contributed by atoms with Crippen LogP contribution in [0, 0.1) is 5.92 Å². The summed E-state index contributed by atoms with van der Waals surface area (Å²) >= 11 is 0. The first-order valence-corrected chi connectivity index (χ1v) is 8.22. The SMILES string of the molecule is CCOc1cc(CNC(=O)C[C@@H]2CCC[C@H]2N)ccc1OC(F)F. The number of rotatable bonds is 8. The van der Waals surface area contributed by atoms with Gasteiger partial charge in [0.1, 0.15) is 0 Å². The summed E-state index contributed by atoms with van der Waals surface area (Å²) in [6.07, 6.45) is 3.46. The highest BCUT2D eigenvalue weighted by molar-refractivity contribution is 5.76. The Labute approximate surface area is 140 Å². The lowest BCUT2D eigenvalue weighted by Gasteiger charge is -2.15. The Kier molecular flexibility index (Phi) is 6.78. The van der Waals surface area contributed by atoms with Crippen molar-refractivity contribution >= 4 is 5.91 Å². The summed E-state index contributed by atoms with van der Waals surface area (Å²) < 4.78 is 34.5. The Hall–Kier alpha value is -1.89. The summed E-state index contributed by atoms with van der Waals surface area (Å²) in [5.41, 5.74) is 6.73. The lowest BCUT2D eigenvalue weighted by Crippen LogP contribution is -2.31. The maximum absolute atomic E-state index is 12.4. The van der Waals surface area contributed by atoms with Gasteiger partial charge in [0, 0.05) is 19.0 Å². The Morgan fingerprint density at radius 1 is 1.38 bits per heavy atom. The molecule has 134 valence electrons. The number of ether oxygens (including phenoxy) is 2. The molecule has 1 amide bonds. The zero-order valence-corrected chi connectivity index (χ0v) is 13.8. The lowest BCUT2D eigenvalue weighted by atomic mass is 10.00. The molecule has 0 spiro atoms. The summed E-state index contributed by atoms with van der Waals surface area (Å²) in [7, 11) is 0. The van der Waals surface area contributed by atoms with E-state index in [2.05, 4.69) is 10.1 Å². The van der Waals surface area contributed by atoms with Crippen molar-refractivity contribution in [2.45, 2.75) is 51.8 Å². The van der Waals surface area contributed by atoms with Gasteiger partial charge >= 0.3 is 6.61 Å². The number of nitrogens with one attached hydrogen (secondary N) is 1. The van der Waals surface area contributed by atoms with Crippen LogP contribution in [0.25, 0.3) is 0 Å². The summed E-state index contributed by atoms with van der Waals surface area (Å²) in [5.74, 6) is 0.412. The van der Waals surface area contributed by atoms with Crippen LogP contribution < -0.4 is 20.5 Å². The number of halogens is 2. The summed E-state index contributed by atoms with van der Waals surface area (Å²) in [6, 6.07) is 4.75. The van der Waals surface area contributed by atoms with E-state index >= 15 is 0 Å². The summed E-state index contributed by atoms with van der Waals surface area (Å²) in [5, 5.41) is 2.84. The third kappa shape index (κ3) is 5.33. The van der Waals surface area contributed by atoms with E-state index in [1.165, 1.54) is 6.07 Å². The topological polar surface area (TPSA) is 73.6 Å². The third-order valence-corrected chi connectivity index (χ3v) is 4.18. The predicted octanol–water partition coefficient (Wildman–Crippen LogP) is 2.82. The van der Waals surface area contributed by atoms with E-state index in [1.54, 1.807) is 19.1 Å². The standard InChI is InChI=1S/C17H24F2N2O3/c1-2-23-15-8-11(6-7-14(15)24-17(18)19)10-21-16(22)9-12-4-3-5-13(12)20/h6-8,12-13,17H,2-5,9-10,20H2,1H3,(H,21,22)/t12-,13+/m0/s1. The number of carbonyl (C=O) groups excluding carboxylic acids is 1. The fourth-order valence-corrected chi connectivity index (χ4v) is 2.95. The Morgan fingerprint density at radius 3 is 2.79 bits per heavy atom. The molecule has 2 rings (SSSR count). The van der Waals surface area contributed by atoms with Crippen LogP contribution in [-0.2, 0) is 11.3 Å². The smallest absolute Gasteiger partial charge is 0.387 e. The van der Waals surface area contributed by atoms with Crippen molar-refractivity contribution in [2.75, 3.05) is 6.61 Å².